The number of pyridine rings is 1. The van der Waals surface area contributed by atoms with Gasteiger partial charge in [-0.25, -0.2) is 12.4 Å². The standard InChI is InChI=1S/C18H14N2O4S/c1-24-13-7-8-15-16-12-19(21)10-9-17(16)20(18(15)11-13)25(22,23)14-5-3-2-4-6-14/h2-12H,1H3. The Bertz CT molecular complexity index is 1200. The van der Waals surface area contributed by atoms with Gasteiger partial charge in [0.2, 0.25) is 0 Å². The van der Waals surface area contributed by atoms with Gasteiger partial charge in [0.1, 0.15) is 5.75 Å². The summed E-state index contributed by atoms with van der Waals surface area (Å²) in [4.78, 5) is 0.176. The number of ether oxygens (including phenoxy) is 1. The van der Waals surface area contributed by atoms with Crippen molar-refractivity contribution in [2.24, 2.45) is 0 Å². The maximum absolute atomic E-state index is 13.2. The van der Waals surface area contributed by atoms with E-state index in [9.17, 15) is 13.6 Å². The van der Waals surface area contributed by atoms with Gasteiger partial charge in [0.15, 0.2) is 12.4 Å². The molecule has 2 aromatic heterocycles. The summed E-state index contributed by atoms with van der Waals surface area (Å²) < 4.78 is 33.6. The molecule has 0 aliphatic carbocycles. The number of hydrogen-bond acceptors (Lipinski definition) is 4. The molecule has 0 aliphatic heterocycles. The number of hydrogen-bond donors (Lipinski definition) is 0. The van der Waals surface area contributed by atoms with Crippen molar-refractivity contribution >= 4 is 31.8 Å². The SMILES string of the molecule is COc1ccc2c3c[n+]([O-])ccc3n(S(=O)(=O)c3ccccc3)c2c1. The van der Waals surface area contributed by atoms with Gasteiger partial charge in [0.25, 0.3) is 10.0 Å². The molecule has 6 nitrogen and oxygen atoms in total. The second-order valence-corrected chi connectivity index (χ2v) is 7.36. The summed E-state index contributed by atoms with van der Waals surface area (Å²) >= 11 is 0. The van der Waals surface area contributed by atoms with E-state index in [1.54, 1.807) is 48.5 Å². The van der Waals surface area contributed by atoms with Crippen LogP contribution < -0.4 is 9.47 Å². The van der Waals surface area contributed by atoms with Crippen LogP contribution in [0.3, 0.4) is 0 Å². The molecule has 0 aliphatic rings. The molecule has 0 saturated heterocycles. The van der Waals surface area contributed by atoms with E-state index in [0.29, 0.717) is 32.3 Å². The van der Waals surface area contributed by atoms with Gasteiger partial charge >= 0.3 is 0 Å². The van der Waals surface area contributed by atoms with Crippen LogP contribution in [0.5, 0.6) is 5.75 Å². The first-order valence-electron chi connectivity index (χ1n) is 7.54. The predicted octanol–water partition coefficient (Wildman–Crippen LogP) is 2.67. The molecule has 0 radical (unpaired) electrons. The Kier molecular flexibility index (Phi) is 3.40. The summed E-state index contributed by atoms with van der Waals surface area (Å²) in [5.41, 5.74) is 0.906. The topological polar surface area (TPSA) is 75.2 Å². The Balaban J connectivity index is 2.17. The largest absolute Gasteiger partial charge is 0.619 e. The highest BCUT2D eigenvalue weighted by Gasteiger charge is 2.24. The second-order valence-electron chi connectivity index (χ2n) is 5.57. The molecule has 0 bridgehead atoms. The first-order valence-corrected chi connectivity index (χ1v) is 8.98. The van der Waals surface area contributed by atoms with Crippen LogP contribution in [-0.4, -0.2) is 19.5 Å². The fraction of sp³-hybridized carbons (Fsp3) is 0.0556. The highest BCUT2D eigenvalue weighted by molar-refractivity contribution is 7.90. The molecule has 0 spiro atoms. The van der Waals surface area contributed by atoms with Crippen molar-refractivity contribution in [1.82, 2.24) is 3.97 Å². The molecule has 0 fully saturated rings. The first-order chi connectivity index (χ1) is 12.0. The third-order valence-electron chi connectivity index (χ3n) is 4.13. The molecule has 0 atom stereocenters. The molecule has 7 heteroatoms. The number of methoxy groups -OCH3 is 1. The molecule has 25 heavy (non-hydrogen) atoms. The van der Waals surface area contributed by atoms with E-state index in [0.717, 1.165) is 0 Å². The van der Waals surface area contributed by atoms with Gasteiger partial charge in [-0.3, -0.25) is 0 Å². The van der Waals surface area contributed by atoms with Gasteiger partial charge in [-0.2, -0.15) is 4.73 Å². The molecule has 126 valence electrons. The van der Waals surface area contributed by atoms with Crippen LogP contribution in [0.4, 0.5) is 0 Å². The van der Waals surface area contributed by atoms with Crippen molar-refractivity contribution in [2.45, 2.75) is 4.90 Å². The van der Waals surface area contributed by atoms with Crippen molar-refractivity contribution in [1.29, 1.82) is 0 Å². The summed E-state index contributed by atoms with van der Waals surface area (Å²) in [6.07, 6.45) is 2.66. The maximum atomic E-state index is 13.2. The van der Waals surface area contributed by atoms with Gasteiger partial charge in [-0.1, -0.05) is 18.2 Å². The van der Waals surface area contributed by atoms with Gasteiger partial charge in [-0.15, -0.1) is 0 Å². The zero-order chi connectivity index (χ0) is 17.6. The molecule has 4 rings (SSSR count). The third kappa shape index (κ3) is 2.32. The number of benzene rings is 2. The van der Waals surface area contributed by atoms with Crippen molar-refractivity contribution in [3.8, 4) is 5.75 Å². The monoisotopic (exact) mass is 354 g/mol. The van der Waals surface area contributed by atoms with Crippen molar-refractivity contribution < 1.29 is 17.9 Å². The van der Waals surface area contributed by atoms with E-state index in [1.165, 1.54) is 29.5 Å². The molecule has 0 unspecified atom stereocenters. The molecular formula is C18H14N2O4S. The van der Waals surface area contributed by atoms with Gasteiger partial charge < -0.3 is 9.94 Å². The minimum absolute atomic E-state index is 0.176. The lowest BCUT2D eigenvalue weighted by Gasteiger charge is -2.09. The molecule has 0 amide bonds. The van der Waals surface area contributed by atoms with E-state index < -0.39 is 10.0 Å². The molecule has 2 heterocycles. The molecular weight excluding hydrogens is 340 g/mol. The molecule has 2 aromatic carbocycles. The van der Waals surface area contributed by atoms with Crippen LogP contribution in [0, 0.1) is 5.21 Å². The summed E-state index contributed by atoms with van der Waals surface area (Å²) in [5, 5.41) is 12.9. The Labute approximate surface area is 144 Å². The Morgan fingerprint density at radius 2 is 1.76 bits per heavy atom. The van der Waals surface area contributed by atoms with E-state index in [2.05, 4.69) is 0 Å². The maximum Gasteiger partial charge on any atom is 0.268 e. The van der Waals surface area contributed by atoms with Crippen LogP contribution in [0.2, 0.25) is 0 Å². The van der Waals surface area contributed by atoms with Crippen LogP contribution in [-0.2, 0) is 10.0 Å². The lowest BCUT2D eigenvalue weighted by molar-refractivity contribution is -0.603. The number of nitrogens with zero attached hydrogens (tertiary/aromatic N) is 2. The number of aromatic nitrogens is 2. The van der Waals surface area contributed by atoms with Crippen molar-refractivity contribution in [3.63, 3.8) is 0 Å². The average molecular weight is 354 g/mol. The Hall–Kier alpha value is -3.06. The second kappa shape index (κ2) is 5.49. The fourth-order valence-corrected chi connectivity index (χ4v) is 4.52. The van der Waals surface area contributed by atoms with Crippen LogP contribution >= 0.6 is 0 Å². The fourth-order valence-electron chi connectivity index (χ4n) is 2.98. The van der Waals surface area contributed by atoms with E-state index >= 15 is 0 Å². The van der Waals surface area contributed by atoms with Crippen LogP contribution in [0.25, 0.3) is 21.8 Å². The van der Waals surface area contributed by atoms with Gasteiger partial charge in [0, 0.05) is 17.5 Å². The Morgan fingerprint density at radius 3 is 2.48 bits per heavy atom. The van der Waals surface area contributed by atoms with E-state index in [4.69, 9.17) is 4.74 Å². The molecule has 4 aromatic rings. The Morgan fingerprint density at radius 1 is 1.00 bits per heavy atom. The quantitative estimate of drug-likeness (QED) is 0.419. The molecule has 0 saturated carbocycles. The number of rotatable bonds is 3. The van der Waals surface area contributed by atoms with Crippen molar-refractivity contribution in [2.75, 3.05) is 7.11 Å². The average Bonchev–Trinajstić information content (AvgIpc) is 2.95. The normalized spacial score (nSPS) is 11.9. The smallest absolute Gasteiger partial charge is 0.268 e. The third-order valence-corrected chi connectivity index (χ3v) is 5.87. The van der Waals surface area contributed by atoms with Crippen molar-refractivity contribution in [3.05, 3.63) is 72.2 Å². The lowest BCUT2D eigenvalue weighted by atomic mass is 10.2. The van der Waals surface area contributed by atoms with Crippen LogP contribution in [0.15, 0.2) is 71.9 Å². The summed E-state index contributed by atoms with van der Waals surface area (Å²) in [6, 6.07) is 14.9. The predicted molar refractivity (Wildman–Crippen MR) is 94.0 cm³/mol. The summed E-state index contributed by atoms with van der Waals surface area (Å²) in [5.74, 6) is 0.537. The number of fused-ring (bicyclic) bond motifs is 3. The molecule has 0 N–H and O–H groups in total. The summed E-state index contributed by atoms with van der Waals surface area (Å²) in [6.45, 7) is 0. The zero-order valence-corrected chi connectivity index (χ0v) is 14.1. The highest BCUT2D eigenvalue weighted by atomic mass is 32.2. The minimum atomic E-state index is -3.84. The zero-order valence-electron chi connectivity index (χ0n) is 13.3. The minimum Gasteiger partial charge on any atom is -0.619 e. The van der Waals surface area contributed by atoms with Crippen LogP contribution in [0.1, 0.15) is 0 Å². The van der Waals surface area contributed by atoms with Gasteiger partial charge in [-0.05, 0) is 24.3 Å². The van der Waals surface area contributed by atoms with Gasteiger partial charge in [0.05, 0.1) is 28.4 Å². The first kappa shape index (κ1) is 15.5. The van der Waals surface area contributed by atoms with E-state index in [1.807, 2.05) is 0 Å². The summed E-state index contributed by atoms with van der Waals surface area (Å²) in [7, 11) is -2.32. The van der Waals surface area contributed by atoms with E-state index in [-0.39, 0.29) is 4.90 Å². The highest BCUT2D eigenvalue weighted by Crippen LogP contribution is 2.33. The lowest BCUT2D eigenvalue weighted by Crippen LogP contribution is -2.24.